The smallest absolute Gasteiger partial charge is 0.255 e. The zero-order chi connectivity index (χ0) is 13.8. The molecule has 98 valence electrons. The van der Waals surface area contributed by atoms with Gasteiger partial charge < -0.3 is 10.1 Å². The van der Waals surface area contributed by atoms with Gasteiger partial charge in [-0.05, 0) is 30.3 Å². The Balaban J connectivity index is 2.17. The minimum atomic E-state index is -0.287. The lowest BCUT2D eigenvalue weighted by atomic mass is 10.2. The maximum absolute atomic E-state index is 12.0. The summed E-state index contributed by atoms with van der Waals surface area (Å²) in [6.07, 6.45) is 1.47. The number of hydrogen-bond acceptors (Lipinski definition) is 3. The maximum atomic E-state index is 12.0. The molecule has 0 fully saturated rings. The SMILES string of the molecule is COc1ccc(NC(=O)c2ccnc(Cl)c2)cc1Cl. The number of benzene rings is 1. The Morgan fingerprint density at radius 3 is 2.68 bits per heavy atom. The van der Waals surface area contributed by atoms with E-state index in [0.29, 0.717) is 22.0 Å². The predicted octanol–water partition coefficient (Wildman–Crippen LogP) is 3.65. The van der Waals surface area contributed by atoms with Crippen LogP contribution in [0.2, 0.25) is 10.2 Å². The summed E-state index contributed by atoms with van der Waals surface area (Å²) in [7, 11) is 1.53. The Labute approximate surface area is 120 Å². The second-order valence-electron chi connectivity index (χ2n) is 3.67. The van der Waals surface area contributed by atoms with Gasteiger partial charge in [-0.3, -0.25) is 4.79 Å². The highest BCUT2D eigenvalue weighted by atomic mass is 35.5. The van der Waals surface area contributed by atoms with Gasteiger partial charge in [0.25, 0.3) is 5.91 Å². The number of rotatable bonds is 3. The molecule has 0 aliphatic heterocycles. The molecule has 1 heterocycles. The van der Waals surface area contributed by atoms with E-state index in [-0.39, 0.29) is 11.1 Å². The van der Waals surface area contributed by atoms with Gasteiger partial charge in [-0.25, -0.2) is 4.98 Å². The monoisotopic (exact) mass is 296 g/mol. The van der Waals surface area contributed by atoms with Gasteiger partial charge in [0.2, 0.25) is 0 Å². The molecule has 0 saturated carbocycles. The Hall–Kier alpha value is -1.78. The van der Waals surface area contributed by atoms with Crippen LogP contribution in [0.15, 0.2) is 36.5 Å². The van der Waals surface area contributed by atoms with Crippen LogP contribution in [0.5, 0.6) is 5.75 Å². The molecule has 0 bridgehead atoms. The average molecular weight is 297 g/mol. The van der Waals surface area contributed by atoms with Crippen LogP contribution in [0.3, 0.4) is 0 Å². The third-order valence-electron chi connectivity index (χ3n) is 2.40. The largest absolute Gasteiger partial charge is 0.495 e. The molecular formula is C13H10Cl2N2O2. The predicted molar refractivity (Wildman–Crippen MR) is 75.2 cm³/mol. The second-order valence-corrected chi connectivity index (χ2v) is 4.47. The molecule has 2 aromatic rings. The van der Waals surface area contributed by atoms with Crippen LogP contribution < -0.4 is 10.1 Å². The van der Waals surface area contributed by atoms with Crippen molar-refractivity contribution in [3.05, 3.63) is 52.3 Å². The number of pyridine rings is 1. The van der Waals surface area contributed by atoms with E-state index in [9.17, 15) is 4.79 Å². The second kappa shape index (κ2) is 5.91. The summed E-state index contributed by atoms with van der Waals surface area (Å²) in [5, 5.41) is 3.40. The van der Waals surface area contributed by atoms with E-state index in [4.69, 9.17) is 27.9 Å². The van der Waals surface area contributed by atoms with Crippen molar-refractivity contribution in [3.63, 3.8) is 0 Å². The van der Waals surface area contributed by atoms with Crippen molar-refractivity contribution in [3.8, 4) is 5.75 Å². The fraction of sp³-hybridized carbons (Fsp3) is 0.0769. The number of amides is 1. The molecule has 0 radical (unpaired) electrons. The Bertz CT molecular complexity index is 617. The van der Waals surface area contributed by atoms with E-state index in [1.165, 1.54) is 19.4 Å². The van der Waals surface area contributed by atoms with E-state index in [1.54, 1.807) is 24.3 Å². The first-order valence-electron chi connectivity index (χ1n) is 5.36. The molecule has 0 atom stereocenters. The number of aromatic nitrogens is 1. The number of ether oxygens (including phenoxy) is 1. The highest BCUT2D eigenvalue weighted by Gasteiger charge is 2.08. The van der Waals surface area contributed by atoms with Crippen LogP contribution >= 0.6 is 23.2 Å². The van der Waals surface area contributed by atoms with Gasteiger partial charge in [-0.2, -0.15) is 0 Å². The highest BCUT2D eigenvalue weighted by molar-refractivity contribution is 6.32. The van der Waals surface area contributed by atoms with Crippen molar-refractivity contribution in [2.75, 3.05) is 12.4 Å². The van der Waals surface area contributed by atoms with Crippen LogP contribution in [0.4, 0.5) is 5.69 Å². The van der Waals surface area contributed by atoms with Gasteiger partial charge >= 0.3 is 0 Å². The Morgan fingerprint density at radius 1 is 1.26 bits per heavy atom. The quantitative estimate of drug-likeness (QED) is 0.880. The van der Waals surface area contributed by atoms with Crippen LogP contribution in [0.25, 0.3) is 0 Å². The molecule has 0 aliphatic rings. The van der Waals surface area contributed by atoms with Gasteiger partial charge in [-0.15, -0.1) is 0 Å². The minimum Gasteiger partial charge on any atom is -0.495 e. The Kier molecular flexibility index (Phi) is 4.24. The highest BCUT2D eigenvalue weighted by Crippen LogP contribution is 2.27. The zero-order valence-corrected chi connectivity index (χ0v) is 11.5. The third-order valence-corrected chi connectivity index (χ3v) is 2.90. The van der Waals surface area contributed by atoms with Gasteiger partial charge in [-0.1, -0.05) is 23.2 Å². The summed E-state index contributed by atoms with van der Waals surface area (Å²) in [5.74, 6) is 0.261. The number of hydrogen-bond donors (Lipinski definition) is 1. The molecule has 19 heavy (non-hydrogen) atoms. The van der Waals surface area contributed by atoms with Gasteiger partial charge in [0.15, 0.2) is 0 Å². The van der Waals surface area contributed by atoms with Crippen molar-refractivity contribution in [1.82, 2.24) is 4.98 Å². The lowest BCUT2D eigenvalue weighted by Crippen LogP contribution is -2.11. The summed E-state index contributed by atoms with van der Waals surface area (Å²) in [6.45, 7) is 0. The van der Waals surface area contributed by atoms with Gasteiger partial charge in [0, 0.05) is 17.4 Å². The van der Waals surface area contributed by atoms with Crippen molar-refractivity contribution >= 4 is 34.8 Å². The molecule has 6 heteroatoms. The van der Waals surface area contributed by atoms with E-state index in [2.05, 4.69) is 10.3 Å². The van der Waals surface area contributed by atoms with E-state index in [0.717, 1.165) is 0 Å². The molecule has 0 aliphatic carbocycles. The lowest BCUT2D eigenvalue weighted by Gasteiger charge is -2.08. The number of nitrogens with zero attached hydrogens (tertiary/aromatic N) is 1. The zero-order valence-electron chi connectivity index (χ0n) is 9.98. The minimum absolute atomic E-state index is 0.264. The van der Waals surface area contributed by atoms with Crippen molar-refractivity contribution in [2.45, 2.75) is 0 Å². The normalized spacial score (nSPS) is 10.1. The Morgan fingerprint density at radius 2 is 2.05 bits per heavy atom. The standard InChI is InChI=1S/C13H10Cl2N2O2/c1-19-11-3-2-9(7-10(11)14)17-13(18)8-4-5-16-12(15)6-8/h2-7H,1H3,(H,17,18). The molecule has 0 saturated heterocycles. The van der Waals surface area contributed by atoms with E-state index < -0.39 is 0 Å². The summed E-state index contributed by atoms with van der Waals surface area (Å²) in [5.41, 5.74) is 0.996. The molecular weight excluding hydrogens is 287 g/mol. The summed E-state index contributed by atoms with van der Waals surface area (Å²) >= 11 is 11.7. The molecule has 4 nitrogen and oxygen atoms in total. The summed E-state index contributed by atoms with van der Waals surface area (Å²) in [6, 6.07) is 8.05. The number of anilines is 1. The summed E-state index contributed by atoms with van der Waals surface area (Å²) < 4.78 is 5.03. The molecule has 1 N–H and O–H groups in total. The molecule has 1 aromatic heterocycles. The number of halogens is 2. The van der Waals surface area contributed by atoms with Crippen molar-refractivity contribution < 1.29 is 9.53 Å². The van der Waals surface area contributed by atoms with Crippen LogP contribution in [0, 0.1) is 0 Å². The first-order chi connectivity index (χ1) is 9.10. The maximum Gasteiger partial charge on any atom is 0.255 e. The first kappa shape index (κ1) is 13.6. The number of methoxy groups -OCH3 is 1. The number of nitrogens with one attached hydrogen (secondary N) is 1. The van der Waals surface area contributed by atoms with Crippen LogP contribution in [-0.2, 0) is 0 Å². The third kappa shape index (κ3) is 3.36. The lowest BCUT2D eigenvalue weighted by molar-refractivity contribution is 0.102. The first-order valence-corrected chi connectivity index (χ1v) is 6.12. The molecule has 1 amide bonds. The fourth-order valence-electron chi connectivity index (χ4n) is 1.49. The van der Waals surface area contributed by atoms with Crippen molar-refractivity contribution in [2.24, 2.45) is 0 Å². The number of carbonyl (C=O) groups is 1. The summed E-state index contributed by atoms with van der Waals surface area (Å²) in [4.78, 5) is 15.8. The van der Waals surface area contributed by atoms with E-state index in [1.807, 2.05) is 0 Å². The molecule has 1 aromatic carbocycles. The van der Waals surface area contributed by atoms with E-state index >= 15 is 0 Å². The fourth-order valence-corrected chi connectivity index (χ4v) is 1.92. The van der Waals surface area contributed by atoms with Crippen LogP contribution in [0.1, 0.15) is 10.4 Å². The van der Waals surface area contributed by atoms with Gasteiger partial charge in [0.1, 0.15) is 10.9 Å². The van der Waals surface area contributed by atoms with Crippen LogP contribution in [-0.4, -0.2) is 18.0 Å². The molecule has 0 spiro atoms. The van der Waals surface area contributed by atoms with Gasteiger partial charge in [0.05, 0.1) is 12.1 Å². The molecule has 2 rings (SSSR count). The number of carbonyl (C=O) groups excluding carboxylic acids is 1. The van der Waals surface area contributed by atoms with Crippen molar-refractivity contribution in [1.29, 1.82) is 0 Å². The topological polar surface area (TPSA) is 51.2 Å². The molecule has 0 unspecified atom stereocenters. The average Bonchev–Trinajstić information content (AvgIpc) is 2.39.